The van der Waals surface area contributed by atoms with Crippen LogP contribution >= 0.6 is 11.8 Å². The highest BCUT2D eigenvalue weighted by Gasteiger charge is 2.07. The molecule has 1 aromatic carbocycles. The Hall–Kier alpha value is -2.01. The van der Waals surface area contributed by atoms with Crippen molar-refractivity contribution < 1.29 is 14.6 Å². The lowest BCUT2D eigenvalue weighted by molar-refractivity contribution is 0.0600. The number of hydrogen-bond donors (Lipinski definition) is 1. The second kappa shape index (κ2) is 5.55. The molecular formula is C13H11NO3S. The average molecular weight is 261 g/mol. The molecule has 0 radical (unpaired) electrons. The number of aromatic nitrogens is 1. The summed E-state index contributed by atoms with van der Waals surface area (Å²) in [5.41, 5.74) is 0.466. The fourth-order valence-electron chi connectivity index (χ4n) is 1.34. The first-order valence-electron chi connectivity index (χ1n) is 5.20. The van der Waals surface area contributed by atoms with Crippen molar-refractivity contribution in [2.75, 3.05) is 7.11 Å². The van der Waals surface area contributed by atoms with Crippen molar-refractivity contribution in [3.05, 3.63) is 48.2 Å². The number of carbonyl (C=O) groups is 1. The monoisotopic (exact) mass is 261 g/mol. The Bertz CT molecular complexity index is 554. The van der Waals surface area contributed by atoms with E-state index in [-0.39, 0.29) is 11.7 Å². The first kappa shape index (κ1) is 12.4. The minimum absolute atomic E-state index is 0.218. The summed E-state index contributed by atoms with van der Waals surface area (Å²) in [5.74, 6) is -0.166. The van der Waals surface area contributed by atoms with Gasteiger partial charge in [0.05, 0.1) is 12.7 Å². The first-order chi connectivity index (χ1) is 8.69. The number of phenols is 1. The van der Waals surface area contributed by atoms with Gasteiger partial charge in [-0.2, -0.15) is 0 Å². The van der Waals surface area contributed by atoms with Crippen LogP contribution in [0.3, 0.4) is 0 Å². The molecule has 2 aromatic rings. The molecule has 0 atom stereocenters. The summed E-state index contributed by atoms with van der Waals surface area (Å²) in [4.78, 5) is 16.5. The molecule has 0 bridgehead atoms. The molecule has 92 valence electrons. The summed E-state index contributed by atoms with van der Waals surface area (Å²) in [6.07, 6.45) is 1.56. The van der Waals surface area contributed by atoms with Gasteiger partial charge in [-0.3, -0.25) is 0 Å². The summed E-state index contributed by atoms with van der Waals surface area (Å²) in [6.45, 7) is 0. The molecule has 2 rings (SSSR count). The Morgan fingerprint density at radius 2 is 2.00 bits per heavy atom. The number of rotatable bonds is 3. The van der Waals surface area contributed by atoms with Crippen LogP contribution in [0, 0.1) is 0 Å². The topological polar surface area (TPSA) is 59.4 Å². The fourth-order valence-corrected chi connectivity index (χ4v) is 2.16. The number of benzene rings is 1. The van der Waals surface area contributed by atoms with Gasteiger partial charge in [0.1, 0.15) is 10.8 Å². The molecule has 0 spiro atoms. The molecule has 0 saturated carbocycles. The van der Waals surface area contributed by atoms with Gasteiger partial charge in [0.2, 0.25) is 0 Å². The molecule has 0 fully saturated rings. The SMILES string of the molecule is COC(=O)c1ccnc(Sc2ccc(O)cc2)c1. The maximum Gasteiger partial charge on any atom is 0.337 e. The number of pyridine rings is 1. The molecule has 0 aliphatic carbocycles. The lowest BCUT2D eigenvalue weighted by atomic mass is 10.3. The maximum atomic E-state index is 11.4. The van der Waals surface area contributed by atoms with Gasteiger partial charge in [0, 0.05) is 11.1 Å². The zero-order valence-corrected chi connectivity index (χ0v) is 10.5. The summed E-state index contributed by atoms with van der Waals surface area (Å²) >= 11 is 1.41. The van der Waals surface area contributed by atoms with Crippen LogP contribution < -0.4 is 0 Å². The van der Waals surface area contributed by atoms with E-state index in [9.17, 15) is 9.90 Å². The summed E-state index contributed by atoms with van der Waals surface area (Å²) < 4.78 is 4.65. The average Bonchev–Trinajstić information content (AvgIpc) is 2.41. The number of esters is 1. The normalized spacial score (nSPS) is 10.1. The lowest BCUT2D eigenvalue weighted by Gasteiger charge is -2.03. The van der Waals surface area contributed by atoms with Gasteiger partial charge in [0.25, 0.3) is 0 Å². The van der Waals surface area contributed by atoms with Crippen LogP contribution in [-0.4, -0.2) is 23.2 Å². The Morgan fingerprint density at radius 3 is 2.67 bits per heavy atom. The molecule has 4 nitrogen and oxygen atoms in total. The summed E-state index contributed by atoms with van der Waals surface area (Å²) in [5, 5.41) is 9.88. The third-order valence-corrected chi connectivity index (χ3v) is 3.16. The molecule has 0 aliphatic heterocycles. The van der Waals surface area contributed by atoms with E-state index >= 15 is 0 Å². The second-order valence-electron chi connectivity index (χ2n) is 3.47. The number of carbonyl (C=O) groups excluding carboxylic acids is 1. The Labute approximate surface area is 109 Å². The molecule has 1 heterocycles. The van der Waals surface area contributed by atoms with Crippen LogP contribution in [0.4, 0.5) is 0 Å². The number of aromatic hydroxyl groups is 1. The minimum Gasteiger partial charge on any atom is -0.508 e. The number of phenolic OH excluding ortho intramolecular Hbond substituents is 1. The van der Waals surface area contributed by atoms with Crippen LogP contribution in [0.2, 0.25) is 0 Å². The van der Waals surface area contributed by atoms with Gasteiger partial charge in [-0.15, -0.1) is 0 Å². The Morgan fingerprint density at radius 1 is 1.28 bits per heavy atom. The van der Waals surface area contributed by atoms with Crippen molar-refractivity contribution in [1.82, 2.24) is 4.98 Å². The molecule has 1 N–H and O–H groups in total. The highest BCUT2D eigenvalue weighted by Crippen LogP contribution is 2.27. The predicted octanol–water partition coefficient (Wildman–Crippen LogP) is 2.73. The number of methoxy groups -OCH3 is 1. The third kappa shape index (κ3) is 3.01. The van der Waals surface area contributed by atoms with E-state index in [1.54, 1.807) is 42.6 Å². The van der Waals surface area contributed by atoms with Gasteiger partial charge in [-0.1, -0.05) is 11.8 Å². The van der Waals surface area contributed by atoms with Gasteiger partial charge in [0.15, 0.2) is 0 Å². The van der Waals surface area contributed by atoms with E-state index in [4.69, 9.17) is 0 Å². The van der Waals surface area contributed by atoms with E-state index in [0.717, 1.165) is 4.90 Å². The highest BCUT2D eigenvalue weighted by atomic mass is 32.2. The predicted molar refractivity (Wildman–Crippen MR) is 67.8 cm³/mol. The molecule has 1 aromatic heterocycles. The fraction of sp³-hybridized carbons (Fsp3) is 0.0769. The first-order valence-corrected chi connectivity index (χ1v) is 6.02. The molecule has 0 aliphatic rings. The largest absolute Gasteiger partial charge is 0.508 e. The van der Waals surface area contributed by atoms with Gasteiger partial charge >= 0.3 is 5.97 Å². The highest BCUT2D eigenvalue weighted by molar-refractivity contribution is 7.99. The van der Waals surface area contributed by atoms with Crippen molar-refractivity contribution >= 4 is 17.7 Å². The quantitative estimate of drug-likeness (QED) is 0.861. The van der Waals surface area contributed by atoms with Crippen LogP contribution in [0.1, 0.15) is 10.4 Å². The molecular weight excluding hydrogens is 250 g/mol. The van der Waals surface area contributed by atoms with E-state index in [1.165, 1.54) is 18.9 Å². The van der Waals surface area contributed by atoms with Crippen LogP contribution in [-0.2, 0) is 4.74 Å². The molecule has 0 amide bonds. The minimum atomic E-state index is -0.384. The lowest BCUT2D eigenvalue weighted by Crippen LogP contribution is -2.01. The molecule has 18 heavy (non-hydrogen) atoms. The van der Waals surface area contributed by atoms with Crippen LogP contribution in [0.5, 0.6) is 5.75 Å². The summed E-state index contributed by atoms with van der Waals surface area (Å²) in [6, 6.07) is 10.0. The number of hydrogen-bond acceptors (Lipinski definition) is 5. The molecule has 0 saturated heterocycles. The Balaban J connectivity index is 2.19. The second-order valence-corrected chi connectivity index (χ2v) is 4.56. The van der Waals surface area contributed by atoms with Gasteiger partial charge < -0.3 is 9.84 Å². The van der Waals surface area contributed by atoms with Crippen LogP contribution in [0.15, 0.2) is 52.5 Å². The number of ether oxygens (including phenoxy) is 1. The Kier molecular flexibility index (Phi) is 3.84. The zero-order chi connectivity index (χ0) is 13.0. The molecule has 0 unspecified atom stereocenters. The maximum absolute atomic E-state index is 11.4. The van der Waals surface area contributed by atoms with Crippen LogP contribution in [0.25, 0.3) is 0 Å². The van der Waals surface area contributed by atoms with Crippen molar-refractivity contribution in [3.8, 4) is 5.75 Å². The van der Waals surface area contributed by atoms with Gasteiger partial charge in [-0.05, 0) is 36.4 Å². The van der Waals surface area contributed by atoms with Crippen molar-refractivity contribution in [2.45, 2.75) is 9.92 Å². The van der Waals surface area contributed by atoms with Crippen molar-refractivity contribution in [1.29, 1.82) is 0 Å². The van der Waals surface area contributed by atoms with Crippen molar-refractivity contribution in [2.24, 2.45) is 0 Å². The zero-order valence-electron chi connectivity index (χ0n) is 9.66. The van der Waals surface area contributed by atoms with E-state index < -0.39 is 0 Å². The van der Waals surface area contributed by atoms with Gasteiger partial charge in [-0.25, -0.2) is 9.78 Å². The number of nitrogens with zero attached hydrogens (tertiary/aromatic N) is 1. The summed E-state index contributed by atoms with van der Waals surface area (Å²) in [7, 11) is 1.34. The van der Waals surface area contributed by atoms with E-state index in [0.29, 0.717) is 10.6 Å². The third-order valence-electron chi connectivity index (χ3n) is 2.22. The van der Waals surface area contributed by atoms with E-state index in [1.807, 2.05) is 0 Å². The van der Waals surface area contributed by atoms with E-state index in [2.05, 4.69) is 9.72 Å². The molecule has 5 heteroatoms. The van der Waals surface area contributed by atoms with Crippen molar-refractivity contribution in [3.63, 3.8) is 0 Å². The smallest absolute Gasteiger partial charge is 0.337 e. The standard InChI is InChI=1S/C13H11NO3S/c1-17-13(16)9-6-7-14-12(8-9)18-11-4-2-10(15)3-5-11/h2-8,15H,1H3.